The molecule has 0 N–H and O–H groups in total. The molecule has 0 amide bonds. The van der Waals surface area contributed by atoms with Crippen LogP contribution in [-0.4, -0.2) is 14.8 Å². The zero-order valence-electron chi connectivity index (χ0n) is 9.32. The largest absolute Gasteiger partial charge is 0.313 e. The molecule has 0 radical (unpaired) electrons. The van der Waals surface area contributed by atoms with Crippen molar-refractivity contribution in [3.05, 3.63) is 22.8 Å². The molecule has 0 aliphatic carbocycles. The van der Waals surface area contributed by atoms with Crippen molar-refractivity contribution < 1.29 is 0 Å². The first-order chi connectivity index (χ1) is 7.22. The number of hydrogen-bond donors (Lipinski definition) is 0. The maximum atomic E-state index is 4.18. The Balaban J connectivity index is 2.40. The van der Waals surface area contributed by atoms with Crippen molar-refractivity contribution in [1.82, 2.24) is 14.8 Å². The summed E-state index contributed by atoms with van der Waals surface area (Å²) < 4.78 is 2.12. The van der Waals surface area contributed by atoms with E-state index in [-0.39, 0.29) is 0 Å². The summed E-state index contributed by atoms with van der Waals surface area (Å²) in [6, 6.07) is 2.19. The molecule has 0 unspecified atom stereocenters. The van der Waals surface area contributed by atoms with Crippen molar-refractivity contribution in [2.45, 2.75) is 33.7 Å². The fraction of sp³-hybridized carbons (Fsp3) is 0.455. The van der Waals surface area contributed by atoms with Crippen LogP contribution in [-0.2, 0) is 6.54 Å². The van der Waals surface area contributed by atoms with E-state index >= 15 is 0 Å². The molecular weight excluding hydrogens is 206 g/mol. The van der Waals surface area contributed by atoms with Gasteiger partial charge in [-0.15, -0.1) is 21.5 Å². The zero-order chi connectivity index (χ0) is 10.8. The number of rotatable bonds is 3. The van der Waals surface area contributed by atoms with E-state index in [1.54, 1.807) is 11.3 Å². The fourth-order valence-corrected chi connectivity index (χ4v) is 2.57. The molecule has 0 aliphatic rings. The molecule has 0 fully saturated rings. The number of aromatic nitrogens is 3. The average molecular weight is 221 g/mol. The van der Waals surface area contributed by atoms with Crippen LogP contribution in [0.2, 0.25) is 0 Å². The summed E-state index contributed by atoms with van der Waals surface area (Å²) in [6.45, 7) is 7.42. The van der Waals surface area contributed by atoms with Gasteiger partial charge in [0.2, 0.25) is 0 Å². The highest BCUT2D eigenvalue weighted by Gasteiger charge is 2.10. The zero-order valence-corrected chi connectivity index (χ0v) is 10.1. The first-order valence-corrected chi connectivity index (χ1v) is 5.99. The van der Waals surface area contributed by atoms with Crippen molar-refractivity contribution in [3.8, 4) is 10.7 Å². The third-order valence-corrected chi connectivity index (χ3v) is 3.61. The number of thiophene rings is 1. The lowest BCUT2D eigenvalue weighted by Gasteiger charge is -2.01. The van der Waals surface area contributed by atoms with Gasteiger partial charge < -0.3 is 4.57 Å². The Hall–Kier alpha value is -1.16. The molecule has 0 bridgehead atoms. The average Bonchev–Trinajstić information content (AvgIpc) is 2.76. The molecule has 15 heavy (non-hydrogen) atoms. The summed E-state index contributed by atoms with van der Waals surface area (Å²) in [7, 11) is 0. The summed E-state index contributed by atoms with van der Waals surface area (Å²) in [5.41, 5.74) is 1.33. The molecule has 4 heteroatoms. The molecule has 0 atom stereocenters. The second-order valence-electron chi connectivity index (χ2n) is 3.70. The van der Waals surface area contributed by atoms with Crippen molar-refractivity contribution in [2.24, 2.45) is 0 Å². The van der Waals surface area contributed by atoms with Crippen LogP contribution in [0.3, 0.4) is 0 Å². The molecular formula is C11H15N3S. The van der Waals surface area contributed by atoms with Crippen LogP contribution in [0, 0.1) is 13.8 Å². The molecule has 80 valence electrons. The Morgan fingerprint density at radius 2 is 2.20 bits per heavy atom. The van der Waals surface area contributed by atoms with E-state index in [2.05, 4.69) is 41.6 Å². The third kappa shape index (κ3) is 1.95. The predicted octanol–water partition coefficient (Wildman–Crippen LogP) is 3.03. The van der Waals surface area contributed by atoms with Gasteiger partial charge in [-0.3, -0.25) is 0 Å². The minimum atomic E-state index is 0.984. The van der Waals surface area contributed by atoms with Gasteiger partial charge in [0.15, 0.2) is 5.82 Å². The topological polar surface area (TPSA) is 30.7 Å². The van der Waals surface area contributed by atoms with Crippen LogP contribution < -0.4 is 0 Å². The standard InChI is InChI=1S/C11H15N3S/c1-4-5-14-7-12-13-11(14)10-6-8(2)9(3)15-10/h6-7H,4-5H2,1-3H3. The van der Waals surface area contributed by atoms with Gasteiger partial charge in [-0.2, -0.15) is 0 Å². The van der Waals surface area contributed by atoms with Crippen LogP contribution in [0.1, 0.15) is 23.8 Å². The normalized spacial score (nSPS) is 10.9. The second kappa shape index (κ2) is 4.14. The predicted molar refractivity (Wildman–Crippen MR) is 63.1 cm³/mol. The van der Waals surface area contributed by atoms with Crippen molar-refractivity contribution >= 4 is 11.3 Å². The second-order valence-corrected chi connectivity index (χ2v) is 4.95. The number of hydrogen-bond acceptors (Lipinski definition) is 3. The minimum Gasteiger partial charge on any atom is -0.313 e. The lowest BCUT2D eigenvalue weighted by Crippen LogP contribution is -1.96. The first-order valence-electron chi connectivity index (χ1n) is 5.17. The molecule has 0 aromatic carbocycles. The summed E-state index contributed by atoms with van der Waals surface area (Å²) in [6.07, 6.45) is 2.91. The molecule has 0 saturated carbocycles. The quantitative estimate of drug-likeness (QED) is 0.797. The fourth-order valence-electron chi connectivity index (χ4n) is 1.53. The number of nitrogens with zero attached hydrogens (tertiary/aromatic N) is 3. The highest BCUT2D eigenvalue weighted by molar-refractivity contribution is 7.15. The molecule has 2 aromatic rings. The Morgan fingerprint density at radius 3 is 2.80 bits per heavy atom. The molecule has 0 saturated heterocycles. The van der Waals surface area contributed by atoms with Crippen molar-refractivity contribution in [3.63, 3.8) is 0 Å². The minimum absolute atomic E-state index is 0.984. The smallest absolute Gasteiger partial charge is 0.173 e. The van der Waals surface area contributed by atoms with Crippen LogP contribution in [0.4, 0.5) is 0 Å². The molecule has 0 aliphatic heterocycles. The third-order valence-electron chi connectivity index (χ3n) is 2.47. The van der Waals surface area contributed by atoms with Gasteiger partial charge in [-0.25, -0.2) is 0 Å². The van der Waals surface area contributed by atoms with E-state index in [1.165, 1.54) is 15.3 Å². The van der Waals surface area contributed by atoms with Crippen molar-refractivity contribution in [1.29, 1.82) is 0 Å². The van der Waals surface area contributed by atoms with Gasteiger partial charge in [-0.1, -0.05) is 6.92 Å². The van der Waals surface area contributed by atoms with E-state index in [0.29, 0.717) is 0 Å². The van der Waals surface area contributed by atoms with Gasteiger partial charge in [0.1, 0.15) is 6.33 Å². The lowest BCUT2D eigenvalue weighted by molar-refractivity contribution is 0.683. The Labute approximate surface area is 93.8 Å². The van der Waals surface area contributed by atoms with E-state index in [4.69, 9.17) is 0 Å². The highest BCUT2D eigenvalue weighted by atomic mass is 32.1. The molecule has 2 aromatic heterocycles. The first kappa shape index (κ1) is 10.4. The van der Waals surface area contributed by atoms with Crippen LogP contribution in [0.15, 0.2) is 12.4 Å². The number of aryl methyl sites for hydroxylation is 3. The van der Waals surface area contributed by atoms with E-state index in [9.17, 15) is 0 Å². The summed E-state index contributed by atoms with van der Waals surface area (Å²) in [5.74, 6) is 0.998. The van der Waals surface area contributed by atoms with Crippen LogP contribution in [0.5, 0.6) is 0 Å². The van der Waals surface area contributed by atoms with E-state index in [0.717, 1.165) is 18.8 Å². The molecule has 0 spiro atoms. The SMILES string of the molecule is CCCn1cnnc1-c1cc(C)c(C)s1. The van der Waals surface area contributed by atoms with E-state index in [1.807, 2.05) is 6.33 Å². The summed E-state index contributed by atoms with van der Waals surface area (Å²) >= 11 is 1.79. The lowest BCUT2D eigenvalue weighted by atomic mass is 10.3. The van der Waals surface area contributed by atoms with E-state index < -0.39 is 0 Å². The maximum absolute atomic E-state index is 4.18. The molecule has 3 nitrogen and oxygen atoms in total. The van der Waals surface area contributed by atoms with Gasteiger partial charge in [0.05, 0.1) is 4.88 Å². The van der Waals surface area contributed by atoms with Gasteiger partial charge >= 0.3 is 0 Å². The Kier molecular flexibility index (Phi) is 2.86. The van der Waals surface area contributed by atoms with Gasteiger partial charge in [-0.05, 0) is 31.9 Å². The Bertz CT molecular complexity index is 437. The van der Waals surface area contributed by atoms with Gasteiger partial charge in [0, 0.05) is 11.4 Å². The summed E-state index contributed by atoms with van der Waals surface area (Å²) in [4.78, 5) is 2.58. The van der Waals surface area contributed by atoms with Crippen LogP contribution in [0.25, 0.3) is 10.7 Å². The Morgan fingerprint density at radius 1 is 1.40 bits per heavy atom. The highest BCUT2D eigenvalue weighted by Crippen LogP contribution is 2.29. The molecule has 2 heterocycles. The maximum Gasteiger partial charge on any atom is 0.173 e. The van der Waals surface area contributed by atoms with Crippen molar-refractivity contribution in [2.75, 3.05) is 0 Å². The van der Waals surface area contributed by atoms with Crippen LogP contribution >= 0.6 is 11.3 Å². The molecule has 2 rings (SSSR count). The van der Waals surface area contributed by atoms with Gasteiger partial charge in [0.25, 0.3) is 0 Å². The monoisotopic (exact) mass is 221 g/mol. The summed E-state index contributed by atoms with van der Waals surface area (Å²) in [5, 5.41) is 8.16.